The Morgan fingerprint density at radius 3 is 2.67 bits per heavy atom. The number of carbonyl (C=O) groups is 1. The van der Waals surface area contributed by atoms with Crippen molar-refractivity contribution in [3.63, 3.8) is 0 Å². The number of benzene rings is 1. The van der Waals surface area contributed by atoms with Crippen molar-refractivity contribution in [1.82, 2.24) is 10.6 Å². The summed E-state index contributed by atoms with van der Waals surface area (Å²) in [5.74, 6) is -0.119. The molecule has 18 heavy (non-hydrogen) atoms. The molecule has 1 fully saturated rings. The first-order valence-corrected chi connectivity index (χ1v) is 6.43. The van der Waals surface area contributed by atoms with Crippen LogP contribution in [-0.4, -0.2) is 18.5 Å². The molecule has 3 nitrogen and oxygen atoms in total. The highest BCUT2D eigenvalue weighted by Gasteiger charge is 2.22. The normalized spacial score (nSPS) is 16.3. The summed E-state index contributed by atoms with van der Waals surface area (Å²) in [6.45, 7) is 2.64. The van der Waals surface area contributed by atoms with E-state index in [1.54, 1.807) is 12.1 Å². The van der Waals surface area contributed by atoms with Crippen LogP contribution < -0.4 is 10.6 Å². The Bertz CT molecular complexity index is 401. The molecule has 1 amide bonds. The van der Waals surface area contributed by atoms with Crippen molar-refractivity contribution >= 4 is 5.91 Å². The van der Waals surface area contributed by atoms with Gasteiger partial charge in [-0.1, -0.05) is 12.1 Å². The number of halogens is 1. The molecule has 0 heterocycles. The van der Waals surface area contributed by atoms with E-state index in [1.165, 1.54) is 12.1 Å². The van der Waals surface area contributed by atoms with E-state index in [1.807, 2.05) is 6.92 Å². The van der Waals surface area contributed by atoms with Crippen molar-refractivity contribution in [2.45, 2.75) is 38.3 Å². The lowest BCUT2D eigenvalue weighted by molar-refractivity contribution is -0.121. The van der Waals surface area contributed by atoms with Gasteiger partial charge in [-0.3, -0.25) is 4.79 Å². The SMILES string of the molecule is C[C@H](NCCC(=O)NC1CC1)c1ccc(F)cc1. The molecule has 0 unspecified atom stereocenters. The number of hydrogen-bond acceptors (Lipinski definition) is 2. The highest BCUT2D eigenvalue weighted by Crippen LogP contribution is 2.18. The first kappa shape index (κ1) is 13.0. The van der Waals surface area contributed by atoms with Crippen LogP contribution >= 0.6 is 0 Å². The molecule has 0 aliphatic heterocycles. The zero-order valence-electron chi connectivity index (χ0n) is 10.6. The van der Waals surface area contributed by atoms with E-state index in [0.29, 0.717) is 19.0 Å². The van der Waals surface area contributed by atoms with E-state index < -0.39 is 0 Å². The lowest BCUT2D eigenvalue weighted by atomic mass is 10.1. The van der Waals surface area contributed by atoms with Crippen LogP contribution in [0.2, 0.25) is 0 Å². The number of rotatable bonds is 6. The molecule has 2 N–H and O–H groups in total. The molecule has 4 heteroatoms. The third-order valence-electron chi connectivity index (χ3n) is 3.12. The van der Waals surface area contributed by atoms with Gasteiger partial charge in [0.2, 0.25) is 5.91 Å². The van der Waals surface area contributed by atoms with Crippen LogP contribution in [-0.2, 0) is 4.79 Å². The third kappa shape index (κ3) is 4.11. The van der Waals surface area contributed by atoms with Crippen molar-refractivity contribution in [1.29, 1.82) is 0 Å². The topological polar surface area (TPSA) is 41.1 Å². The standard InChI is InChI=1S/C14H19FN2O/c1-10(11-2-4-12(15)5-3-11)16-9-8-14(18)17-13-6-7-13/h2-5,10,13,16H,6-9H2,1H3,(H,17,18)/t10-/m0/s1. The Morgan fingerprint density at radius 1 is 1.39 bits per heavy atom. The zero-order valence-corrected chi connectivity index (χ0v) is 10.6. The van der Waals surface area contributed by atoms with Crippen molar-refractivity contribution in [3.05, 3.63) is 35.6 Å². The predicted molar refractivity (Wildman–Crippen MR) is 68.6 cm³/mol. The second-order valence-electron chi connectivity index (χ2n) is 4.82. The lowest BCUT2D eigenvalue weighted by Gasteiger charge is -2.14. The van der Waals surface area contributed by atoms with E-state index in [4.69, 9.17) is 0 Å². The van der Waals surface area contributed by atoms with Crippen molar-refractivity contribution < 1.29 is 9.18 Å². The van der Waals surface area contributed by atoms with Gasteiger partial charge in [0.1, 0.15) is 5.82 Å². The molecule has 98 valence electrons. The zero-order chi connectivity index (χ0) is 13.0. The van der Waals surface area contributed by atoms with Gasteiger partial charge in [0.15, 0.2) is 0 Å². The van der Waals surface area contributed by atoms with Crippen molar-refractivity contribution in [2.24, 2.45) is 0 Å². The van der Waals surface area contributed by atoms with Crippen LogP contribution in [0.3, 0.4) is 0 Å². The highest BCUT2D eigenvalue weighted by atomic mass is 19.1. The summed E-state index contributed by atoms with van der Waals surface area (Å²) in [5, 5.41) is 6.21. The Morgan fingerprint density at radius 2 is 2.06 bits per heavy atom. The second-order valence-corrected chi connectivity index (χ2v) is 4.82. The molecule has 1 aliphatic carbocycles. The number of nitrogens with one attached hydrogen (secondary N) is 2. The number of amides is 1. The molecule has 1 aliphatic rings. The summed E-state index contributed by atoms with van der Waals surface area (Å²) in [6.07, 6.45) is 2.72. The highest BCUT2D eigenvalue weighted by molar-refractivity contribution is 5.76. The quantitative estimate of drug-likeness (QED) is 0.812. The van der Waals surface area contributed by atoms with Gasteiger partial charge in [0.05, 0.1) is 0 Å². The first-order chi connectivity index (χ1) is 8.65. The largest absolute Gasteiger partial charge is 0.353 e. The molecule has 2 rings (SSSR count). The fraction of sp³-hybridized carbons (Fsp3) is 0.500. The van der Waals surface area contributed by atoms with Crippen molar-refractivity contribution in [3.8, 4) is 0 Å². The van der Waals surface area contributed by atoms with Gasteiger partial charge in [-0.05, 0) is 37.5 Å². The molecule has 1 aromatic rings. The van der Waals surface area contributed by atoms with Crippen LogP contribution in [0.5, 0.6) is 0 Å². The van der Waals surface area contributed by atoms with E-state index >= 15 is 0 Å². The lowest BCUT2D eigenvalue weighted by Crippen LogP contribution is -2.30. The van der Waals surface area contributed by atoms with Gasteiger partial charge in [-0.2, -0.15) is 0 Å². The molecule has 1 atom stereocenters. The fourth-order valence-electron chi connectivity index (χ4n) is 1.80. The molecule has 1 aromatic carbocycles. The van der Waals surface area contributed by atoms with Crippen LogP contribution in [0.1, 0.15) is 37.8 Å². The Balaban J connectivity index is 1.68. The van der Waals surface area contributed by atoms with Crippen LogP contribution in [0.25, 0.3) is 0 Å². The molecule has 0 radical (unpaired) electrons. The average molecular weight is 250 g/mol. The summed E-state index contributed by atoms with van der Waals surface area (Å²) in [5.41, 5.74) is 1.03. The molecular weight excluding hydrogens is 231 g/mol. The molecule has 0 spiro atoms. The van der Waals surface area contributed by atoms with Gasteiger partial charge < -0.3 is 10.6 Å². The van der Waals surface area contributed by atoms with Crippen LogP contribution in [0.15, 0.2) is 24.3 Å². The minimum absolute atomic E-state index is 0.108. The van der Waals surface area contributed by atoms with Gasteiger partial charge in [-0.25, -0.2) is 4.39 Å². The van der Waals surface area contributed by atoms with E-state index in [2.05, 4.69) is 10.6 Å². The summed E-state index contributed by atoms with van der Waals surface area (Å²) in [7, 11) is 0. The second kappa shape index (κ2) is 5.96. The van der Waals surface area contributed by atoms with E-state index in [-0.39, 0.29) is 17.8 Å². The van der Waals surface area contributed by atoms with Gasteiger partial charge in [-0.15, -0.1) is 0 Å². The number of hydrogen-bond donors (Lipinski definition) is 2. The molecular formula is C14H19FN2O. The first-order valence-electron chi connectivity index (χ1n) is 6.43. The maximum absolute atomic E-state index is 12.8. The van der Waals surface area contributed by atoms with Gasteiger partial charge >= 0.3 is 0 Å². The Hall–Kier alpha value is -1.42. The van der Waals surface area contributed by atoms with Gasteiger partial charge in [0.25, 0.3) is 0 Å². The van der Waals surface area contributed by atoms with E-state index in [9.17, 15) is 9.18 Å². The minimum atomic E-state index is -0.227. The Kier molecular flexibility index (Phi) is 4.31. The third-order valence-corrected chi connectivity index (χ3v) is 3.12. The van der Waals surface area contributed by atoms with Crippen LogP contribution in [0.4, 0.5) is 4.39 Å². The fourth-order valence-corrected chi connectivity index (χ4v) is 1.80. The van der Waals surface area contributed by atoms with Crippen molar-refractivity contribution in [2.75, 3.05) is 6.54 Å². The Labute approximate surface area is 107 Å². The number of carbonyl (C=O) groups excluding carboxylic acids is 1. The molecule has 1 saturated carbocycles. The molecule has 0 saturated heterocycles. The van der Waals surface area contributed by atoms with Crippen LogP contribution in [0, 0.1) is 5.82 Å². The maximum atomic E-state index is 12.8. The van der Waals surface area contributed by atoms with Gasteiger partial charge in [0, 0.05) is 25.0 Å². The average Bonchev–Trinajstić information content (AvgIpc) is 3.13. The molecule has 0 aromatic heterocycles. The summed E-state index contributed by atoms with van der Waals surface area (Å²) >= 11 is 0. The summed E-state index contributed by atoms with van der Waals surface area (Å²) in [4.78, 5) is 11.5. The molecule has 0 bridgehead atoms. The monoisotopic (exact) mass is 250 g/mol. The predicted octanol–water partition coefficient (Wildman–Crippen LogP) is 2.14. The summed E-state index contributed by atoms with van der Waals surface area (Å²) in [6, 6.07) is 6.97. The summed E-state index contributed by atoms with van der Waals surface area (Å²) < 4.78 is 12.8. The minimum Gasteiger partial charge on any atom is -0.353 e. The maximum Gasteiger partial charge on any atom is 0.221 e. The smallest absolute Gasteiger partial charge is 0.221 e. The van der Waals surface area contributed by atoms with E-state index in [0.717, 1.165) is 18.4 Å².